The van der Waals surface area contributed by atoms with Crippen molar-refractivity contribution in [1.82, 2.24) is 8.43 Å². The van der Waals surface area contributed by atoms with Crippen LogP contribution in [0.4, 0.5) is 3.87 Å². The van der Waals surface area contributed by atoms with E-state index in [0.29, 0.717) is 0 Å². The Morgan fingerprint density at radius 3 is 2.08 bits per heavy atom. The molecule has 0 saturated carbocycles. The van der Waals surface area contributed by atoms with Crippen LogP contribution in [0.15, 0.2) is 0 Å². The molecule has 1 N–H and O–H groups in total. The molecule has 0 aromatic rings. The van der Waals surface area contributed by atoms with E-state index in [-0.39, 0.29) is 0 Å². The minimum Gasteiger partial charge on any atom is -0.230 e. The van der Waals surface area contributed by atoms with Crippen LogP contribution in [0.2, 0.25) is 0 Å². The van der Waals surface area contributed by atoms with E-state index in [2.05, 4.69) is 4.72 Å². The summed E-state index contributed by atoms with van der Waals surface area (Å²) in [6.45, 7) is 0. The Morgan fingerprint density at radius 2 is 1.75 bits per heavy atom. The number of amides is 2. The van der Waals surface area contributed by atoms with Crippen LogP contribution in [0, 0.1) is 0 Å². The van der Waals surface area contributed by atoms with Crippen molar-refractivity contribution in [2.24, 2.45) is 0 Å². The Morgan fingerprint density at radius 1 is 1.17 bits per heavy atom. The van der Waals surface area contributed by atoms with E-state index in [1.54, 1.807) is 23.9 Å². The summed E-state index contributed by atoms with van der Waals surface area (Å²) in [6, 6.07) is 0.759. The standard InChI is InChI=1S/C5H13N2OS4/c1-9-6-5(8-12-4)7(10-2)11-3/h6H,1-4H3/q+1. The molecular formula is C5H13N2OS4+. The molecular weight excluding hydrogens is 232 g/mol. The van der Waals surface area contributed by atoms with E-state index in [0.717, 1.165) is 6.03 Å². The highest BCUT2D eigenvalue weighted by atomic mass is 32.2. The van der Waals surface area contributed by atoms with Gasteiger partial charge in [0.25, 0.3) is 0 Å². The topological polar surface area (TPSA) is 26.6 Å². The third-order valence-electron chi connectivity index (χ3n) is 0.849. The van der Waals surface area contributed by atoms with Gasteiger partial charge in [0.2, 0.25) is 0 Å². The van der Waals surface area contributed by atoms with E-state index in [9.17, 15) is 0 Å². The lowest BCUT2D eigenvalue weighted by Crippen LogP contribution is -2.26. The maximum absolute atomic E-state index is 5.31. The van der Waals surface area contributed by atoms with Gasteiger partial charge in [0.05, 0.1) is 6.26 Å². The Kier molecular flexibility index (Phi) is 8.74. The monoisotopic (exact) mass is 245 g/mol. The zero-order valence-electron chi connectivity index (χ0n) is 7.49. The van der Waals surface area contributed by atoms with Crippen molar-refractivity contribution in [3.05, 3.63) is 0 Å². The summed E-state index contributed by atoms with van der Waals surface area (Å²) >= 11 is 6.05. The van der Waals surface area contributed by atoms with Gasteiger partial charge in [0.1, 0.15) is 0 Å². The molecule has 2 amide bonds. The van der Waals surface area contributed by atoms with E-state index in [1.165, 1.54) is 24.0 Å². The molecule has 0 radical (unpaired) electrons. The quantitative estimate of drug-likeness (QED) is 0.468. The first-order chi connectivity index (χ1) is 5.79. The van der Waals surface area contributed by atoms with Crippen molar-refractivity contribution < 1.29 is 3.87 Å². The number of hydrogen-bond donors (Lipinski definition) is 1. The molecule has 0 saturated heterocycles. The normalized spacial score (nSPS) is 11.5. The largest absolute Gasteiger partial charge is 0.552 e. The minimum atomic E-state index is 0.759. The van der Waals surface area contributed by atoms with E-state index in [4.69, 9.17) is 3.87 Å². The van der Waals surface area contributed by atoms with Gasteiger partial charge in [-0.1, -0.05) is 0 Å². The lowest BCUT2D eigenvalue weighted by Gasteiger charge is -2.09. The maximum atomic E-state index is 5.31. The Hall–Kier alpha value is 0.670. The molecule has 0 aromatic carbocycles. The molecule has 0 aliphatic heterocycles. The van der Waals surface area contributed by atoms with Gasteiger partial charge < -0.3 is 0 Å². The molecule has 0 unspecified atom stereocenters. The van der Waals surface area contributed by atoms with Crippen LogP contribution in [0.25, 0.3) is 0 Å². The number of nitrogens with zero attached hydrogens (tertiary/aromatic N) is 1. The summed E-state index contributed by atoms with van der Waals surface area (Å²) in [4.78, 5) is 0. The molecule has 72 valence electrons. The third kappa shape index (κ3) is 4.64. The Bertz CT molecular complexity index is 139. The zero-order chi connectivity index (χ0) is 9.40. The van der Waals surface area contributed by atoms with Crippen LogP contribution < -0.4 is 4.72 Å². The second kappa shape index (κ2) is 8.28. The van der Waals surface area contributed by atoms with Crippen molar-refractivity contribution in [2.45, 2.75) is 0 Å². The molecule has 0 bridgehead atoms. The molecule has 0 atom stereocenters. The van der Waals surface area contributed by atoms with Gasteiger partial charge in [0, 0.05) is 18.8 Å². The van der Waals surface area contributed by atoms with Gasteiger partial charge in [0.15, 0.2) is 0 Å². The molecule has 7 heteroatoms. The van der Waals surface area contributed by atoms with Crippen LogP contribution in [0.1, 0.15) is 0 Å². The van der Waals surface area contributed by atoms with Crippen molar-refractivity contribution >= 4 is 53.9 Å². The summed E-state index contributed by atoms with van der Waals surface area (Å²) in [5.74, 6) is 0. The highest BCUT2D eigenvalue weighted by Crippen LogP contribution is 2.20. The highest BCUT2D eigenvalue weighted by Gasteiger charge is 2.21. The molecule has 12 heavy (non-hydrogen) atoms. The highest BCUT2D eigenvalue weighted by molar-refractivity contribution is 8.12. The minimum absolute atomic E-state index is 0.759. The van der Waals surface area contributed by atoms with Gasteiger partial charge >= 0.3 is 18.1 Å². The summed E-state index contributed by atoms with van der Waals surface area (Å²) in [5, 5.41) is 0. The third-order valence-corrected chi connectivity index (χ3v) is 3.44. The summed E-state index contributed by atoms with van der Waals surface area (Å²) in [5.41, 5.74) is 0. The first kappa shape index (κ1) is 12.7. The maximum Gasteiger partial charge on any atom is 0.552 e. The number of carbonyl (C=O) groups excluding carboxylic acids is 1. The fraction of sp³-hybridized carbons (Fsp3) is 0.800. The van der Waals surface area contributed by atoms with Crippen molar-refractivity contribution in [3.63, 3.8) is 0 Å². The van der Waals surface area contributed by atoms with Crippen molar-refractivity contribution in [1.29, 1.82) is 0 Å². The van der Waals surface area contributed by atoms with Crippen LogP contribution in [0.3, 0.4) is 0 Å². The first-order valence-corrected chi connectivity index (χ1v) is 7.78. The number of nitrogens with one attached hydrogen (secondary N) is 1. The van der Waals surface area contributed by atoms with Gasteiger partial charge in [-0.2, -0.15) is 3.71 Å². The van der Waals surface area contributed by atoms with Crippen LogP contribution in [-0.2, 0) is 0 Å². The van der Waals surface area contributed by atoms with Gasteiger partial charge in [-0.25, -0.2) is 4.72 Å². The van der Waals surface area contributed by atoms with E-state index < -0.39 is 0 Å². The number of urea groups is 1. The molecule has 0 heterocycles. The molecule has 0 aliphatic carbocycles. The van der Waals surface area contributed by atoms with E-state index >= 15 is 0 Å². The fourth-order valence-corrected chi connectivity index (χ4v) is 2.43. The van der Waals surface area contributed by atoms with Gasteiger partial charge in [-0.3, -0.25) is 0 Å². The second-order valence-electron chi connectivity index (χ2n) is 1.48. The SMILES string of the molecule is CSNC(=[O+]SC)N(SC)SC. The summed E-state index contributed by atoms with van der Waals surface area (Å²) in [7, 11) is 0. The van der Waals surface area contributed by atoms with Crippen LogP contribution >= 0.6 is 47.9 Å². The predicted molar refractivity (Wildman–Crippen MR) is 64.4 cm³/mol. The smallest absolute Gasteiger partial charge is 0.230 e. The van der Waals surface area contributed by atoms with E-state index in [1.807, 2.05) is 28.7 Å². The molecule has 0 spiro atoms. The fourth-order valence-electron chi connectivity index (χ4n) is 0.491. The Balaban J connectivity index is 4.15. The zero-order valence-corrected chi connectivity index (χ0v) is 10.8. The molecule has 3 nitrogen and oxygen atoms in total. The molecule has 0 aromatic heterocycles. The average molecular weight is 245 g/mol. The van der Waals surface area contributed by atoms with Crippen molar-refractivity contribution in [3.8, 4) is 0 Å². The number of rotatable bonds is 4. The first-order valence-electron chi connectivity index (χ1n) is 3.05. The van der Waals surface area contributed by atoms with Gasteiger partial charge in [-0.05, 0) is 35.8 Å². The van der Waals surface area contributed by atoms with Crippen LogP contribution in [0.5, 0.6) is 0 Å². The average Bonchev–Trinajstić information content (AvgIpc) is 2.07. The number of hydrogen-bond acceptors (Lipinski definition) is 4. The summed E-state index contributed by atoms with van der Waals surface area (Å²) in [6.07, 6.45) is 7.85. The molecule has 0 rings (SSSR count). The van der Waals surface area contributed by atoms with Crippen LogP contribution in [-0.4, -0.2) is 34.8 Å². The predicted octanol–water partition coefficient (Wildman–Crippen LogP) is 2.65. The lowest BCUT2D eigenvalue weighted by molar-refractivity contribution is 0.113. The van der Waals surface area contributed by atoms with Crippen molar-refractivity contribution in [2.75, 3.05) is 25.0 Å². The Labute approximate surface area is 91.1 Å². The second-order valence-corrected chi connectivity index (χ2v) is 4.29. The van der Waals surface area contributed by atoms with Gasteiger partial charge in [-0.15, -0.1) is 3.87 Å². The summed E-state index contributed by atoms with van der Waals surface area (Å²) < 4.78 is 10.3. The lowest BCUT2D eigenvalue weighted by atomic mass is 11.2. The molecule has 0 aliphatic rings. The molecule has 0 fully saturated rings.